The molecule has 2 saturated carbocycles. The van der Waals surface area contributed by atoms with Crippen LogP contribution in [0.5, 0.6) is 0 Å². The molecule has 0 radical (unpaired) electrons. The fourth-order valence-electron chi connectivity index (χ4n) is 3.11. The van der Waals surface area contributed by atoms with Crippen LogP contribution in [-0.2, 0) is 4.79 Å². The van der Waals surface area contributed by atoms with Gasteiger partial charge in [0.1, 0.15) is 5.78 Å². The van der Waals surface area contributed by atoms with Crippen molar-refractivity contribution in [1.29, 1.82) is 0 Å². The highest BCUT2D eigenvalue weighted by atomic mass is 16.1. The molecule has 0 amide bonds. The maximum atomic E-state index is 11.9. The average molecular weight is 180 g/mol. The number of carbonyl (C=O) groups is 1. The van der Waals surface area contributed by atoms with E-state index in [0.29, 0.717) is 17.6 Å². The summed E-state index contributed by atoms with van der Waals surface area (Å²) in [6.45, 7) is 2.21. The van der Waals surface area contributed by atoms with Crippen LogP contribution in [0.25, 0.3) is 0 Å². The zero-order valence-corrected chi connectivity index (χ0v) is 8.59. The van der Waals surface area contributed by atoms with E-state index in [9.17, 15) is 4.79 Å². The summed E-state index contributed by atoms with van der Waals surface area (Å²) in [4.78, 5) is 11.9. The Balaban J connectivity index is 1.93. The minimum Gasteiger partial charge on any atom is -0.299 e. The molecule has 3 atom stereocenters. The Bertz CT molecular complexity index is 197. The average Bonchev–Trinajstić information content (AvgIpc) is 2.54. The van der Waals surface area contributed by atoms with Gasteiger partial charge in [0.15, 0.2) is 0 Å². The zero-order valence-electron chi connectivity index (χ0n) is 8.59. The minimum atomic E-state index is 0.450. The highest BCUT2D eigenvalue weighted by Crippen LogP contribution is 2.43. The van der Waals surface area contributed by atoms with Crippen molar-refractivity contribution in [3.05, 3.63) is 0 Å². The van der Waals surface area contributed by atoms with E-state index in [4.69, 9.17) is 0 Å². The minimum absolute atomic E-state index is 0.450. The molecular weight excluding hydrogens is 160 g/mol. The summed E-state index contributed by atoms with van der Waals surface area (Å²) in [7, 11) is 0. The van der Waals surface area contributed by atoms with E-state index in [1.165, 1.54) is 44.9 Å². The maximum absolute atomic E-state index is 11.9. The summed E-state index contributed by atoms with van der Waals surface area (Å²) in [5.74, 6) is 2.44. The van der Waals surface area contributed by atoms with Crippen molar-refractivity contribution in [3.8, 4) is 0 Å². The highest BCUT2D eigenvalue weighted by molar-refractivity contribution is 5.84. The monoisotopic (exact) mass is 180 g/mol. The highest BCUT2D eigenvalue weighted by Gasteiger charge is 2.39. The third kappa shape index (κ3) is 1.79. The van der Waals surface area contributed by atoms with E-state index in [1.807, 2.05) is 0 Å². The molecule has 2 bridgehead atoms. The molecule has 2 aliphatic rings. The Labute approximate surface area is 80.9 Å². The molecule has 0 spiro atoms. The topological polar surface area (TPSA) is 17.1 Å². The number of ketones is 1. The third-order valence-electron chi connectivity index (χ3n) is 3.87. The molecule has 2 fully saturated rings. The van der Waals surface area contributed by atoms with Crippen LogP contribution in [0, 0.1) is 17.8 Å². The van der Waals surface area contributed by atoms with E-state index < -0.39 is 0 Å². The number of Topliss-reactive ketones (excluding diaryl/α,β-unsaturated/α-hetero) is 1. The summed E-state index contributed by atoms with van der Waals surface area (Å²) in [6.07, 6.45) is 8.62. The molecule has 2 rings (SSSR count). The fourth-order valence-corrected chi connectivity index (χ4v) is 3.11. The second kappa shape index (κ2) is 3.81. The van der Waals surface area contributed by atoms with Gasteiger partial charge >= 0.3 is 0 Å². The SMILES string of the molecule is CCCCC1CC2CCC(C2)C1=O. The van der Waals surface area contributed by atoms with Gasteiger partial charge < -0.3 is 0 Å². The number of unbranched alkanes of at least 4 members (excludes halogenated alkanes) is 1. The number of fused-ring (bicyclic) bond motifs is 2. The lowest BCUT2D eigenvalue weighted by molar-refractivity contribution is -0.128. The second-order valence-electron chi connectivity index (χ2n) is 4.85. The smallest absolute Gasteiger partial charge is 0.139 e. The molecule has 0 saturated heterocycles. The molecular formula is C12H20O. The van der Waals surface area contributed by atoms with Crippen LogP contribution in [-0.4, -0.2) is 5.78 Å². The molecule has 0 N–H and O–H groups in total. The standard InChI is InChI=1S/C12H20O/c1-2-3-4-10-7-9-5-6-11(8-9)12(10)13/h9-11H,2-8H2,1H3. The summed E-state index contributed by atoms with van der Waals surface area (Å²) in [5.41, 5.74) is 0. The van der Waals surface area contributed by atoms with Crippen molar-refractivity contribution in [3.63, 3.8) is 0 Å². The largest absolute Gasteiger partial charge is 0.299 e. The Kier molecular flexibility index (Phi) is 2.71. The van der Waals surface area contributed by atoms with Crippen molar-refractivity contribution >= 4 is 5.78 Å². The summed E-state index contributed by atoms with van der Waals surface area (Å²) in [6, 6.07) is 0. The lowest BCUT2D eigenvalue weighted by atomic mass is 9.78. The van der Waals surface area contributed by atoms with E-state index in [1.54, 1.807) is 0 Å². The van der Waals surface area contributed by atoms with Crippen LogP contribution in [0.1, 0.15) is 51.9 Å². The van der Waals surface area contributed by atoms with Gasteiger partial charge in [0.05, 0.1) is 0 Å². The lowest BCUT2D eigenvalue weighted by Gasteiger charge is -2.26. The predicted octanol–water partition coefficient (Wildman–Crippen LogP) is 3.18. The summed E-state index contributed by atoms with van der Waals surface area (Å²) < 4.78 is 0. The predicted molar refractivity (Wildman–Crippen MR) is 53.5 cm³/mol. The van der Waals surface area contributed by atoms with Crippen LogP contribution in [0.15, 0.2) is 0 Å². The van der Waals surface area contributed by atoms with E-state index >= 15 is 0 Å². The van der Waals surface area contributed by atoms with Gasteiger partial charge in [-0.2, -0.15) is 0 Å². The van der Waals surface area contributed by atoms with Crippen molar-refractivity contribution in [2.75, 3.05) is 0 Å². The Morgan fingerprint density at radius 1 is 1.31 bits per heavy atom. The first-order valence-electron chi connectivity index (χ1n) is 5.85. The molecule has 1 nitrogen and oxygen atoms in total. The fraction of sp³-hybridized carbons (Fsp3) is 0.917. The van der Waals surface area contributed by atoms with Gasteiger partial charge in [0.2, 0.25) is 0 Å². The molecule has 1 heteroatoms. The molecule has 2 aliphatic carbocycles. The Morgan fingerprint density at radius 2 is 2.15 bits per heavy atom. The van der Waals surface area contributed by atoms with Gasteiger partial charge in [-0.1, -0.05) is 19.8 Å². The maximum Gasteiger partial charge on any atom is 0.139 e. The summed E-state index contributed by atoms with van der Waals surface area (Å²) in [5, 5.41) is 0. The van der Waals surface area contributed by atoms with Gasteiger partial charge in [-0.3, -0.25) is 4.79 Å². The van der Waals surface area contributed by atoms with E-state index in [0.717, 1.165) is 5.92 Å². The number of hydrogen-bond donors (Lipinski definition) is 0. The molecule has 0 aromatic carbocycles. The number of carbonyl (C=O) groups excluding carboxylic acids is 1. The van der Waals surface area contributed by atoms with Crippen LogP contribution >= 0.6 is 0 Å². The van der Waals surface area contributed by atoms with Gasteiger partial charge in [-0.15, -0.1) is 0 Å². The van der Waals surface area contributed by atoms with Crippen molar-refractivity contribution in [2.45, 2.75) is 51.9 Å². The third-order valence-corrected chi connectivity index (χ3v) is 3.87. The summed E-state index contributed by atoms with van der Waals surface area (Å²) >= 11 is 0. The van der Waals surface area contributed by atoms with Gasteiger partial charge in [0.25, 0.3) is 0 Å². The normalized spacial score (nSPS) is 38.2. The van der Waals surface area contributed by atoms with Crippen LogP contribution in [0.2, 0.25) is 0 Å². The first-order valence-corrected chi connectivity index (χ1v) is 5.85. The Morgan fingerprint density at radius 3 is 2.92 bits per heavy atom. The number of rotatable bonds is 3. The van der Waals surface area contributed by atoms with Crippen molar-refractivity contribution in [2.24, 2.45) is 17.8 Å². The van der Waals surface area contributed by atoms with Crippen molar-refractivity contribution in [1.82, 2.24) is 0 Å². The molecule has 0 aromatic heterocycles. The molecule has 0 aromatic rings. The van der Waals surface area contributed by atoms with Crippen LogP contribution in [0.4, 0.5) is 0 Å². The Hall–Kier alpha value is -0.330. The number of hydrogen-bond acceptors (Lipinski definition) is 1. The van der Waals surface area contributed by atoms with Crippen molar-refractivity contribution < 1.29 is 4.79 Å². The van der Waals surface area contributed by atoms with Crippen LogP contribution < -0.4 is 0 Å². The first-order chi connectivity index (χ1) is 6.31. The van der Waals surface area contributed by atoms with E-state index in [2.05, 4.69) is 6.92 Å². The van der Waals surface area contributed by atoms with E-state index in [-0.39, 0.29) is 0 Å². The molecule has 13 heavy (non-hydrogen) atoms. The van der Waals surface area contributed by atoms with Gasteiger partial charge in [-0.25, -0.2) is 0 Å². The lowest BCUT2D eigenvalue weighted by Crippen LogP contribution is -2.27. The van der Waals surface area contributed by atoms with Crippen LogP contribution in [0.3, 0.4) is 0 Å². The quantitative estimate of drug-likeness (QED) is 0.652. The second-order valence-corrected chi connectivity index (χ2v) is 4.85. The first kappa shape index (κ1) is 9.23. The molecule has 3 unspecified atom stereocenters. The molecule has 0 heterocycles. The van der Waals surface area contributed by atoms with Gasteiger partial charge in [-0.05, 0) is 38.0 Å². The van der Waals surface area contributed by atoms with Gasteiger partial charge in [0, 0.05) is 11.8 Å². The molecule has 0 aliphatic heterocycles. The zero-order chi connectivity index (χ0) is 9.26. The molecule has 74 valence electrons.